The van der Waals surface area contributed by atoms with E-state index in [1.807, 2.05) is 0 Å². The Hall–Kier alpha value is -0.0800. The molecule has 1 fully saturated rings. The van der Waals surface area contributed by atoms with Gasteiger partial charge < -0.3 is 20.5 Å². The van der Waals surface area contributed by atoms with Crippen LogP contribution in [0.2, 0.25) is 0 Å². The maximum Gasteiger partial charge on any atom is 0.191 e. The van der Waals surface area contributed by atoms with Gasteiger partial charge in [0.15, 0.2) is 5.96 Å². The van der Waals surface area contributed by atoms with E-state index in [1.165, 1.54) is 38.5 Å². The molecule has 0 heterocycles. The highest BCUT2D eigenvalue weighted by Crippen LogP contribution is 2.20. The molecule has 0 bridgehead atoms. The van der Waals surface area contributed by atoms with Crippen LogP contribution in [-0.4, -0.2) is 50.0 Å². The van der Waals surface area contributed by atoms with Gasteiger partial charge in [0.1, 0.15) is 0 Å². The third-order valence-electron chi connectivity index (χ3n) is 5.21. The van der Waals surface area contributed by atoms with E-state index >= 15 is 0 Å². The van der Waals surface area contributed by atoms with Gasteiger partial charge in [-0.1, -0.05) is 39.5 Å². The van der Waals surface area contributed by atoms with Gasteiger partial charge in [0, 0.05) is 32.8 Å². The monoisotopic (exact) mass is 511 g/mol. The lowest BCUT2D eigenvalue weighted by Crippen LogP contribution is -2.38. The molecule has 0 amide bonds. The summed E-state index contributed by atoms with van der Waals surface area (Å²) in [7, 11) is 0. The molecule has 3 N–H and O–H groups in total. The van der Waals surface area contributed by atoms with Crippen molar-refractivity contribution in [1.82, 2.24) is 10.6 Å². The molecule has 0 saturated heterocycles. The largest absolute Gasteiger partial charge is 0.396 e. The standard InChI is InChI=1S/C22H45N3O2.HI/c1-4-23-22(25-18-20(13-15-26)17-19(2)3)24-14-9-10-16-27-21-11-7-5-6-8-12-21;/h19-21,26H,4-18H2,1-3H3,(H2,23,24,25);1H. The van der Waals surface area contributed by atoms with Crippen molar-refractivity contribution in [2.75, 3.05) is 32.8 Å². The number of ether oxygens (including phenoxy) is 1. The van der Waals surface area contributed by atoms with Crippen molar-refractivity contribution < 1.29 is 9.84 Å². The molecular formula is C22H46IN3O2. The molecule has 5 nitrogen and oxygen atoms in total. The Kier molecular flexibility index (Phi) is 18.9. The van der Waals surface area contributed by atoms with Gasteiger partial charge in [0.2, 0.25) is 0 Å². The minimum absolute atomic E-state index is 0. The molecule has 1 aliphatic rings. The molecular weight excluding hydrogens is 465 g/mol. The first-order chi connectivity index (χ1) is 13.2. The second-order valence-electron chi connectivity index (χ2n) is 8.35. The van der Waals surface area contributed by atoms with E-state index in [4.69, 9.17) is 9.73 Å². The maximum absolute atomic E-state index is 9.26. The molecule has 28 heavy (non-hydrogen) atoms. The summed E-state index contributed by atoms with van der Waals surface area (Å²) in [5.74, 6) is 1.99. The van der Waals surface area contributed by atoms with Gasteiger partial charge in [-0.2, -0.15) is 0 Å². The Morgan fingerprint density at radius 2 is 1.82 bits per heavy atom. The van der Waals surface area contributed by atoms with Gasteiger partial charge in [0.05, 0.1) is 6.10 Å². The summed E-state index contributed by atoms with van der Waals surface area (Å²) < 4.78 is 6.06. The fraction of sp³-hybridized carbons (Fsp3) is 0.955. The number of hydrogen-bond acceptors (Lipinski definition) is 3. The number of unbranched alkanes of at least 4 members (excludes halogenated alkanes) is 1. The molecule has 1 saturated carbocycles. The van der Waals surface area contributed by atoms with Crippen LogP contribution in [-0.2, 0) is 4.74 Å². The van der Waals surface area contributed by atoms with E-state index in [2.05, 4.69) is 31.4 Å². The van der Waals surface area contributed by atoms with Crippen molar-refractivity contribution in [1.29, 1.82) is 0 Å². The molecule has 0 aliphatic heterocycles. The number of halogens is 1. The SMILES string of the molecule is CCNC(=NCC(CCO)CC(C)C)NCCCCOC1CCCCCC1.I. The highest BCUT2D eigenvalue weighted by atomic mass is 127. The minimum atomic E-state index is 0. The van der Waals surface area contributed by atoms with Gasteiger partial charge in [-0.3, -0.25) is 4.99 Å². The van der Waals surface area contributed by atoms with E-state index in [0.29, 0.717) is 17.9 Å². The molecule has 6 heteroatoms. The van der Waals surface area contributed by atoms with Gasteiger partial charge in [-0.15, -0.1) is 24.0 Å². The van der Waals surface area contributed by atoms with Crippen LogP contribution in [0.25, 0.3) is 0 Å². The van der Waals surface area contributed by atoms with Crippen LogP contribution >= 0.6 is 24.0 Å². The Bertz CT molecular complexity index is 373. The average molecular weight is 512 g/mol. The zero-order valence-electron chi connectivity index (χ0n) is 18.5. The number of guanidine groups is 1. The van der Waals surface area contributed by atoms with Crippen molar-refractivity contribution in [2.24, 2.45) is 16.8 Å². The lowest BCUT2D eigenvalue weighted by atomic mass is 9.94. The number of nitrogens with zero attached hydrogens (tertiary/aromatic N) is 1. The number of nitrogens with one attached hydrogen (secondary N) is 2. The Morgan fingerprint density at radius 1 is 1.11 bits per heavy atom. The summed E-state index contributed by atoms with van der Waals surface area (Å²) in [6, 6.07) is 0. The fourth-order valence-electron chi connectivity index (χ4n) is 3.79. The van der Waals surface area contributed by atoms with E-state index in [0.717, 1.165) is 57.9 Å². The van der Waals surface area contributed by atoms with E-state index in [9.17, 15) is 5.11 Å². The predicted octanol–water partition coefficient (Wildman–Crippen LogP) is 4.72. The zero-order valence-corrected chi connectivity index (χ0v) is 20.9. The van der Waals surface area contributed by atoms with Crippen molar-refractivity contribution >= 4 is 29.9 Å². The normalized spacial score (nSPS) is 17.1. The highest BCUT2D eigenvalue weighted by molar-refractivity contribution is 14.0. The lowest BCUT2D eigenvalue weighted by molar-refractivity contribution is 0.0411. The summed E-state index contributed by atoms with van der Waals surface area (Å²) in [5.41, 5.74) is 0. The molecule has 1 aliphatic carbocycles. The van der Waals surface area contributed by atoms with Crippen LogP contribution in [0, 0.1) is 11.8 Å². The number of aliphatic hydroxyl groups excluding tert-OH is 1. The molecule has 0 aromatic heterocycles. The molecule has 1 atom stereocenters. The van der Waals surface area contributed by atoms with Crippen molar-refractivity contribution in [2.45, 2.75) is 91.1 Å². The third-order valence-corrected chi connectivity index (χ3v) is 5.21. The van der Waals surface area contributed by atoms with Gasteiger partial charge in [-0.05, 0) is 57.3 Å². The first-order valence-corrected chi connectivity index (χ1v) is 11.4. The summed E-state index contributed by atoms with van der Waals surface area (Å²) in [6.45, 7) is 10.3. The second-order valence-corrected chi connectivity index (χ2v) is 8.35. The van der Waals surface area contributed by atoms with Gasteiger partial charge in [0.25, 0.3) is 0 Å². The lowest BCUT2D eigenvalue weighted by Gasteiger charge is -2.18. The van der Waals surface area contributed by atoms with Gasteiger partial charge in [-0.25, -0.2) is 0 Å². The second kappa shape index (κ2) is 18.9. The summed E-state index contributed by atoms with van der Waals surface area (Å²) >= 11 is 0. The smallest absolute Gasteiger partial charge is 0.191 e. The van der Waals surface area contributed by atoms with Crippen LogP contribution in [0.1, 0.15) is 85.0 Å². The topological polar surface area (TPSA) is 65.9 Å². The molecule has 0 aromatic carbocycles. The first-order valence-electron chi connectivity index (χ1n) is 11.4. The van der Waals surface area contributed by atoms with Crippen LogP contribution in [0.3, 0.4) is 0 Å². The van der Waals surface area contributed by atoms with Crippen LogP contribution < -0.4 is 10.6 Å². The maximum atomic E-state index is 9.26. The molecule has 0 aromatic rings. The van der Waals surface area contributed by atoms with Gasteiger partial charge >= 0.3 is 0 Å². The predicted molar refractivity (Wildman–Crippen MR) is 131 cm³/mol. The average Bonchev–Trinajstić information content (AvgIpc) is 2.90. The number of hydrogen-bond donors (Lipinski definition) is 3. The number of rotatable bonds is 13. The Morgan fingerprint density at radius 3 is 2.43 bits per heavy atom. The van der Waals surface area contributed by atoms with Crippen molar-refractivity contribution in [3.63, 3.8) is 0 Å². The number of aliphatic imine (C=N–C) groups is 1. The summed E-state index contributed by atoms with van der Waals surface area (Å²) in [5, 5.41) is 16.0. The van der Waals surface area contributed by atoms with Crippen LogP contribution in [0.15, 0.2) is 4.99 Å². The van der Waals surface area contributed by atoms with E-state index < -0.39 is 0 Å². The molecule has 1 rings (SSSR count). The number of aliphatic hydroxyl groups is 1. The Balaban J connectivity index is 0.00000729. The molecule has 168 valence electrons. The van der Waals surface area contributed by atoms with Crippen molar-refractivity contribution in [3.8, 4) is 0 Å². The fourth-order valence-corrected chi connectivity index (χ4v) is 3.79. The molecule has 0 spiro atoms. The minimum Gasteiger partial charge on any atom is -0.396 e. The first kappa shape index (κ1) is 27.9. The summed E-state index contributed by atoms with van der Waals surface area (Å²) in [6.07, 6.45) is 12.6. The quantitative estimate of drug-likeness (QED) is 0.110. The summed E-state index contributed by atoms with van der Waals surface area (Å²) in [4.78, 5) is 4.74. The van der Waals surface area contributed by atoms with E-state index in [1.54, 1.807) is 0 Å². The Labute approximate surface area is 190 Å². The van der Waals surface area contributed by atoms with Crippen LogP contribution in [0.4, 0.5) is 0 Å². The van der Waals surface area contributed by atoms with E-state index in [-0.39, 0.29) is 30.6 Å². The highest BCUT2D eigenvalue weighted by Gasteiger charge is 2.12. The van der Waals surface area contributed by atoms with Crippen LogP contribution in [0.5, 0.6) is 0 Å². The third kappa shape index (κ3) is 14.9. The molecule has 1 unspecified atom stereocenters. The molecule has 0 radical (unpaired) electrons. The van der Waals surface area contributed by atoms with Crippen molar-refractivity contribution in [3.05, 3.63) is 0 Å². The zero-order chi connectivity index (χ0) is 19.7.